The van der Waals surface area contributed by atoms with Gasteiger partial charge in [0.15, 0.2) is 0 Å². The first-order chi connectivity index (χ1) is 11.1. The number of carbonyl (C=O) groups is 3. The van der Waals surface area contributed by atoms with Gasteiger partial charge in [-0.1, -0.05) is 12.1 Å². The van der Waals surface area contributed by atoms with Crippen LogP contribution in [0.3, 0.4) is 0 Å². The molecule has 23 heavy (non-hydrogen) atoms. The zero-order valence-corrected chi connectivity index (χ0v) is 13.4. The van der Waals surface area contributed by atoms with Crippen LogP contribution in [0, 0.1) is 0 Å². The fraction of sp³-hybridized carbons (Fsp3) is 0.250. The fourth-order valence-electron chi connectivity index (χ4n) is 2.40. The van der Waals surface area contributed by atoms with E-state index in [1.807, 2.05) is 5.38 Å². The lowest BCUT2D eigenvalue weighted by atomic mass is 10.1. The van der Waals surface area contributed by atoms with Crippen molar-refractivity contribution >= 4 is 29.1 Å². The van der Waals surface area contributed by atoms with E-state index in [1.54, 1.807) is 37.5 Å². The number of likely N-dealkylation sites (N-methyl/N-ethyl adjacent to an activating group) is 1. The number of hydrogen-bond donors (Lipinski definition) is 0. The highest BCUT2D eigenvalue weighted by Crippen LogP contribution is 2.22. The Morgan fingerprint density at radius 2 is 1.87 bits per heavy atom. The van der Waals surface area contributed by atoms with Gasteiger partial charge in [-0.05, 0) is 12.1 Å². The van der Waals surface area contributed by atoms with Gasteiger partial charge in [0.2, 0.25) is 5.91 Å². The van der Waals surface area contributed by atoms with Crippen LogP contribution in [0.15, 0.2) is 35.8 Å². The standard InChI is InChI=1S/C16H15N3O3S/c1-18(8-6-13-17-7-9-23-13)14(20)10-19-15(21)11-4-2-3-5-12(11)16(19)22/h2-5,7,9H,6,8,10H2,1H3. The van der Waals surface area contributed by atoms with Gasteiger partial charge in [0, 0.05) is 31.6 Å². The zero-order chi connectivity index (χ0) is 16.4. The first-order valence-corrected chi connectivity index (χ1v) is 8.03. The summed E-state index contributed by atoms with van der Waals surface area (Å²) in [4.78, 5) is 43.4. The molecule has 0 fully saturated rings. The summed E-state index contributed by atoms with van der Waals surface area (Å²) in [5.74, 6) is -1.09. The van der Waals surface area contributed by atoms with Crippen molar-refractivity contribution in [2.24, 2.45) is 0 Å². The number of carbonyl (C=O) groups excluding carboxylic acids is 3. The Hall–Kier alpha value is -2.54. The largest absolute Gasteiger partial charge is 0.344 e. The topological polar surface area (TPSA) is 70.6 Å². The number of imide groups is 1. The molecule has 0 spiro atoms. The van der Waals surface area contributed by atoms with E-state index in [1.165, 1.54) is 16.2 Å². The van der Waals surface area contributed by atoms with Gasteiger partial charge >= 0.3 is 0 Å². The van der Waals surface area contributed by atoms with Crippen LogP contribution in [0.2, 0.25) is 0 Å². The van der Waals surface area contributed by atoms with E-state index in [4.69, 9.17) is 0 Å². The van der Waals surface area contributed by atoms with Crippen molar-refractivity contribution in [1.82, 2.24) is 14.8 Å². The Kier molecular flexibility index (Phi) is 4.20. The molecular formula is C16H15N3O3S. The van der Waals surface area contributed by atoms with Gasteiger partial charge in [0.1, 0.15) is 6.54 Å². The molecular weight excluding hydrogens is 314 g/mol. The normalized spacial score (nSPS) is 13.3. The Morgan fingerprint density at radius 3 is 2.43 bits per heavy atom. The van der Waals surface area contributed by atoms with Gasteiger partial charge in [-0.3, -0.25) is 19.3 Å². The molecule has 6 nitrogen and oxygen atoms in total. The molecule has 2 aromatic rings. The van der Waals surface area contributed by atoms with E-state index in [0.29, 0.717) is 24.1 Å². The predicted molar refractivity (Wildman–Crippen MR) is 85.3 cm³/mol. The van der Waals surface area contributed by atoms with Crippen molar-refractivity contribution in [2.75, 3.05) is 20.1 Å². The van der Waals surface area contributed by atoms with Crippen molar-refractivity contribution in [3.8, 4) is 0 Å². The van der Waals surface area contributed by atoms with E-state index >= 15 is 0 Å². The number of nitrogens with zero attached hydrogens (tertiary/aromatic N) is 3. The quantitative estimate of drug-likeness (QED) is 0.778. The summed E-state index contributed by atoms with van der Waals surface area (Å²) in [5, 5.41) is 2.83. The Balaban J connectivity index is 1.62. The highest BCUT2D eigenvalue weighted by molar-refractivity contribution is 7.09. The maximum absolute atomic E-state index is 12.3. The van der Waals surface area contributed by atoms with E-state index in [9.17, 15) is 14.4 Å². The van der Waals surface area contributed by atoms with Crippen LogP contribution in [0.4, 0.5) is 0 Å². The molecule has 2 heterocycles. The highest BCUT2D eigenvalue weighted by atomic mass is 32.1. The van der Waals surface area contributed by atoms with Crippen LogP contribution in [0.25, 0.3) is 0 Å². The molecule has 7 heteroatoms. The summed E-state index contributed by atoms with van der Waals surface area (Å²) in [6.07, 6.45) is 2.38. The molecule has 0 bridgehead atoms. The minimum atomic E-state index is -0.410. The van der Waals surface area contributed by atoms with Gasteiger partial charge < -0.3 is 4.90 Å². The van der Waals surface area contributed by atoms with Crippen LogP contribution in [0.1, 0.15) is 25.7 Å². The number of amides is 3. The summed E-state index contributed by atoms with van der Waals surface area (Å²) < 4.78 is 0. The molecule has 1 aliphatic heterocycles. The van der Waals surface area contributed by atoms with Gasteiger partial charge in [-0.2, -0.15) is 0 Å². The number of fused-ring (bicyclic) bond motifs is 1. The van der Waals surface area contributed by atoms with Crippen molar-refractivity contribution < 1.29 is 14.4 Å². The SMILES string of the molecule is CN(CCc1nccs1)C(=O)CN1C(=O)c2ccccc2C1=O. The molecule has 0 saturated heterocycles. The predicted octanol–water partition coefficient (Wildman–Crippen LogP) is 1.44. The van der Waals surface area contributed by atoms with Crippen LogP contribution in [0.5, 0.6) is 0 Å². The summed E-state index contributed by atoms with van der Waals surface area (Å²) in [6, 6.07) is 6.61. The Morgan fingerprint density at radius 1 is 1.22 bits per heavy atom. The van der Waals surface area contributed by atoms with Crippen LogP contribution >= 0.6 is 11.3 Å². The second kappa shape index (κ2) is 6.29. The molecule has 3 amide bonds. The average Bonchev–Trinajstić information content (AvgIpc) is 3.16. The molecule has 0 radical (unpaired) electrons. The Bertz CT molecular complexity index is 723. The maximum atomic E-state index is 12.3. The van der Waals surface area contributed by atoms with E-state index in [2.05, 4.69) is 4.98 Å². The average molecular weight is 329 g/mol. The van der Waals surface area contributed by atoms with Gasteiger partial charge in [0.05, 0.1) is 16.1 Å². The molecule has 118 valence electrons. The summed E-state index contributed by atoms with van der Waals surface area (Å²) >= 11 is 1.53. The molecule has 0 unspecified atom stereocenters. The lowest BCUT2D eigenvalue weighted by molar-refractivity contribution is -0.130. The van der Waals surface area contributed by atoms with E-state index in [0.717, 1.165) is 9.91 Å². The second-order valence-electron chi connectivity index (χ2n) is 5.23. The van der Waals surface area contributed by atoms with Crippen molar-refractivity contribution in [3.05, 3.63) is 52.0 Å². The van der Waals surface area contributed by atoms with E-state index in [-0.39, 0.29) is 12.5 Å². The summed E-state index contributed by atoms with van der Waals surface area (Å²) in [7, 11) is 1.66. The molecule has 1 aliphatic rings. The summed E-state index contributed by atoms with van der Waals surface area (Å²) in [5.41, 5.74) is 0.714. The number of benzene rings is 1. The third kappa shape index (κ3) is 3.00. The first kappa shape index (κ1) is 15.4. The molecule has 0 aliphatic carbocycles. The molecule has 1 aromatic heterocycles. The Labute approximate surface area is 137 Å². The summed E-state index contributed by atoms with van der Waals surface area (Å²) in [6.45, 7) is 0.260. The number of rotatable bonds is 5. The van der Waals surface area contributed by atoms with E-state index < -0.39 is 11.8 Å². The first-order valence-electron chi connectivity index (χ1n) is 7.15. The van der Waals surface area contributed by atoms with Crippen molar-refractivity contribution in [3.63, 3.8) is 0 Å². The molecule has 0 saturated carbocycles. The highest BCUT2D eigenvalue weighted by Gasteiger charge is 2.36. The zero-order valence-electron chi connectivity index (χ0n) is 12.6. The minimum Gasteiger partial charge on any atom is -0.344 e. The van der Waals surface area contributed by atoms with Gasteiger partial charge in [0.25, 0.3) is 11.8 Å². The number of thiazole rings is 1. The molecule has 0 N–H and O–H groups in total. The molecule has 0 atom stereocenters. The maximum Gasteiger partial charge on any atom is 0.262 e. The lowest BCUT2D eigenvalue weighted by Gasteiger charge is -2.20. The third-order valence-corrected chi connectivity index (χ3v) is 4.58. The van der Waals surface area contributed by atoms with Gasteiger partial charge in [-0.25, -0.2) is 4.98 Å². The third-order valence-electron chi connectivity index (χ3n) is 3.74. The van der Waals surface area contributed by atoms with Crippen LogP contribution in [-0.4, -0.2) is 52.6 Å². The molecule has 1 aromatic carbocycles. The van der Waals surface area contributed by atoms with Crippen LogP contribution in [-0.2, 0) is 11.2 Å². The molecule has 3 rings (SSSR count). The van der Waals surface area contributed by atoms with Gasteiger partial charge in [-0.15, -0.1) is 11.3 Å². The lowest BCUT2D eigenvalue weighted by Crippen LogP contribution is -2.41. The number of hydrogen-bond acceptors (Lipinski definition) is 5. The minimum absolute atomic E-state index is 0.235. The monoisotopic (exact) mass is 329 g/mol. The van der Waals surface area contributed by atoms with Crippen molar-refractivity contribution in [2.45, 2.75) is 6.42 Å². The fourth-order valence-corrected chi connectivity index (χ4v) is 3.01. The van der Waals surface area contributed by atoms with Crippen molar-refractivity contribution in [1.29, 1.82) is 0 Å². The number of aromatic nitrogens is 1. The van der Waals surface area contributed by atoms with Crippen LogP contribution < -0.4 is 0 Å². The second-order valence-corrected chi connectivity index (χ2v) is 6.21. The smallest absolute Gasteiger partial charge is 0.262 e.